The first-order valence-electron chi connectivity index (χ1n) is 2.63. The Morgan fingerprint density at radius 1 is 1.60 bits per heavy atom. The van der Waals surface area contributed by atoms with Crippen LogP contribution in [0.15, 0.2) is 18.3 Å². The van der Waals surface area contributed by atoms with E-state index in [0.717, 1.165) is 5.56 Å². The minimum Gasteiger partial charge on any atom is -0.326 e. The normalized spacial score (nSPS) is 8.60. The van der Waals surface area contributed by atoms with E-state index < -0.39 is 0 Å². The summed E-state index contributed by atoms with van der Waals surface area (Å²) in [6, 6.07) is 3.59. The van der Waals surface area contributed by atoms with Crippen molar-refractivity contribution < 1.29 is 0 Å². The van der Waals surface area contributed by atoms with E-state index in [1.165, 1.54) is 0 Å². The average Bonchev–Trinajstić information content (AvgIpc) is 1.88. The van der Waals surface area contributed by atoms with Crippen LogP contribution in [0.4, 0.5) is 0 Å². The molecule has 1 heterocycles. The predicted molar refractivity (Wildman–Crippen MR) is 44.4 cm³/mol. The highest BCUT2D eigenvalue weighted by molar-refractivity contribution is 6.29. The summed E-state index contributed by atoms with van der Waals surface area (Å²) in [5.41, 5.74) is 6.34. The molecule has 1 aromatic rings. The molecule has 0 atom stereocenters. The molecule has 0 aliphatic rings. The molecule has 10 heavy (non-hydrogen) atoms. The van der Waals surface area contributed by atoms with Crippen molar-refractivity contribution in [3.05, 3.63) is 29.0 Å². The van der Waals surface area contributed by atoms with Crippen LogP contribution < -0.4 is 5.73 Å². The van der Waals surface area contributed by atoms with Gasteiger partial charge in [-0.3, -0.25) is 0 Å². The molecular weight excluding hydrogens is 171 g/mol. The van der Waals surface area contributed by atoms with Crippen molar-refractivity contribution in [3.63, 3.8) is 0 Å². The fourth-order valence-electron chi connectivity index (χ4n) is 0.570. The summed E-state index contributed by atoms with van der Waals surface area (Å²) in [6.45, 7) is 0.516. The molecule has 1 rings (SSSR count). The summed E-state index contributed by atoms with van der Waals surface area (Å²) in [4.78, 5) is 3.80. The van der Waals surface area contributed by atoms with Gasteiger partial charge in [-0.25, -0.2) is 4.98 Å². The maximum Gasteiger partial charge on any atom is 0.129 e. The second kappa shape index (κ2) is 4.50. The SMILES string of the molecule is Cl.NCc1ccnc(Cl)c1. The van der Waals surface area contributed by atoms with Crippen LogP contribution in [-0.2, 0) is 6.54 Å². The average molecular weight is 179 g/mol. The Morgan fingerprint density at radius 2 is 2.30 bits per heavy atom. The topological polar surface area (TPSA) is 38.9 Å². The molecule has 0 saturated heterocycles. The Hall–Kier alpha value is -0.310. The van der Waals surface area contributed by atoms with E-state index in [4.69, 9.17) is 17.3 Å². The van der Waals surface area contributed by atoms with Gasteiger partial charge in [-0.2, -0.15) is 0 Å². The van der Waals surface area contributed by atoms with Crippen LogP contribution in [0.5, 0.6) is 0 Å². The smallest absolute Gasteiger partial charge is 0.129 e. The van der Waals surface area contributed by atoms with Gasteiger partial charge < -0.3 is 5.73 Å². The van der Waals surface area contributed by atoms with Crippen molar-refractivity contribution in [3.8, 4) is 0 Å². The lowest BCUT2D eigenvalue weighted by Gasteiger charge is -1.93. The standard InChI is InChI=1S/C6H7ClN2.ClH/c7-6-3-5(4-8)1-2-9-6;/h1-3H,4,8H2;1H. The van der Waals surface area contributed by atoms with E-state index >= 15 is 0 Å². The molecule has 2 nitrogen and oxygen atoms in total. The monoisotopic (exact) mass is 178 g/mol. The molecule has 0 saturated carbocycles. The van der Waals surface area contributed by atoms with E-state index in [9.17, 15) is 0 Å². The quantitative estimate of drug-likeness (QED) is 0.665. The summed E-state index contributed by atoms with van der Waals surface area (Å²) in [5, 5.41) is 0.498. The van der Waals surface area contributed by atoms with E-state index in [1.54, 1.807) is 12.3 Å². The molecule has 0 spiro atoms. The summed E-state index contributed by atoms with van der Waals surface area (Å²) < 4.78 is 0. The molecule has 0 amide bonds. The van der Waals surface area contributed by atoms with Crippen LogP contribution in [0, 0.1) is 0 Å². The molecule has 0 unspecified atom stereocenters. The van der Waals surface area contributed by atoms with Gasteiger partial charge in [0.1, 0.15) is 5.15 Å². The third kappa shape index (κ3) is 2.52. The van der Waals surface area contributed by atoms with Crippen LogP contribution in [0.1, 0.15) is 5.56 Å². The zero-order chi connectivity index (χ0) is 6.69. The Bertz CT molecular complexity index is 203. The van der Waals surface area contributed by atoms with Crippen molar-refractivity contribution in [2.45, 2.75) is 6.54 Å². The maximum atomic E-state index is 5.56. The molecule has 56 valence electrons. The number of rotatable bonds is 1. The number of nitrogens with zero attached hydrogens (tertiary/aromatic N) is 1. The molecule has 0 bridgehead atoms. The lowest BCUT2D eigenvalue weighted by atomic mass is 10.3. The predicted octanol–water partition coefficient (Wildman–Crippen LogP) is 1.62. The molecular formula is C6H8Cl2N2. The minimum atomic E-state index is 0. The van der Waals surface area contributed by atoms with Crippen molar-refractivity contribution in [1.82, 2.24) is 4.98 Å². The van der Waals surface area contributed by atoms with Crippen LogP contribution in [0.2, 0.25) is 5.15 Å². The first-order valence-corrected chi connectivity index (χ1v) is 3.01. The van der Waals surface area contributed by atoms with Crippen LogP contribution in [0.25, 0.3) is 0 Å². The molecule has 0 radical (unpaired) electrons. The largest absolute Gasteiger partial charge is 0.326 e. The number of aromatic nitrogens is 1. The first-order chi connectivity index (χ1) is 4.33. The lowest BCUT2D eigenvalue weighted by molar-refractivity contribution is 1.06. The highest BCUT2D eigenvalue weighted by Gasteiger charge is 1.89. The van der Waals surface area contributed by atoms with E-state index in [0.29, 0.717) is 11.7 Å². The van der Waals surface area contributed by atoms with Gasteiger partial charge in [0, 0.05) is 12.7 Å². The summed E-state index contributed by atoms with van der Waals surface area (Å²) in [7, 11) is 0. The van der Waals surface area contributed by atoms with Gasteiger partial charge in [0.15, 0.2) is 0 Å². The van der Waals surface area contributed by atoms with Gasteiger partial charge in [0.25, 0.3) is 0 Å². The Balaban J connectivity index is 0.000000810. The van der Waals surface area contributed by atoms with Crippen molar-refractivity contribution in [2.75, 3.05) is 0 Å². The highest BCUT2D eigenvalue weighted by atomic mass is 35.5. The molecule has 0 fully saturated rings. The molecule has 2 N–H and O–H groups in total. The zero-order valence-corrected chi connectivity index (χ0v) is 6.82. The number of nitrogens with two attached hydrogens (primary N) is 1. The Morgan fingerprint density at radius 3 is 2.70 bits per heavy atom. The van der Waals surface area contributed by atoms with Crippen LogP contribution in [0.3, 0.4) is 0 Å². The molecule has 0 aromatic carbocycles. The lowest BCUT2D eigenvalue weighted by Crippen LogP contribution is -1.95. The molecule has 0 aliphatic carbocycles. The molecule has 1 aromatic heterocycles. The van der Waals surface area contributed by atoms with Crippen molar-refractivity contribution in [1.29, 1.82) is 0 Å². The number of halogens is 2. The van der Waals surface area contributed by atoms with Gasteiger partial charge in [-0.1, -0.05) is 11.6 Å². The van der Waals surface area contributed by atoms with E-state index in [1.807, 2.05) is 6.07 Å². The molecule has 0 aliphatic heterocycles. The second-order valence-electron chi connectivity index (χ2n) is 1.69. The van der Waals surface area contributed by atoms with Crippen LogP contribution >= 0.6 is 24.0 Å². The van der Waals surface area contributed by atoms with E-state index in [2.05, 4.69) is 4.98 Å². The summed E-state index contributed by atoms with van der Waals surface area (Å²) in [5.74, 6) is 0. The minimum absolute atomic E-state index is 0. The number of hydrogen-bond acceptors (Lipinski definition) is 2. The second-order valence-corrected chi connectivity index (χ2v) is 2.08. The third-order valence-corrected chi connectivity index (χ3v) is 1.23. The maximum absolute atomic E-state index is 5.56. The third-order valence-electron chi connectivity index (χ3n) is 1.03. The van der Waals surface area contributed by atoms with Gasteiger partial charge in [0.2, 0.25) is 0 Å². The zero-order valence-electron chi connectivity index (χ0n) is 5.25. The highest BCUT2D eigenvalue weighted by Crippen LogP contribution is 2.05. The number of hydrogen-bond donors (Lipinski definition) is 1. The summed E-state index contributed by atoms with van der Waals surface area (Å²) >= 11 is 5.56. The fraction of sp³-hybridized carbons (Fsp3) is 0.167. The first kappa shape index (κ1) is 9.69. The molecule has 4 heteroatoms. The fourth-order valence-corrected chi connectivity index (χ4v) is 0.766. The van der Waals surface area contributed by atoms with E-state index in [-0.39, 0.29) is 12.4 Å². The van der Waals surface area contributed by atoms with Gasteiger partial charge >= 0.3 is 0 Å². The van der Waals surface area contributed by atoms with Crippen molar-refractivity contribution in [2.24, 2.45) is 5.73 Å². The summed E-state index contributed by atoms with van der Waals surface area (Å²) in [6.07, 6.45) is 1.64. The van der Waals surface area contributed by atoms with Gasteiger partial charge in [0.05, 0.1) is 0 Å². The van der Waals surface area contributed by atoms with Crippen LogP contribution in [-0.4, -0.2) is 4.98 Å². The van der Waals surface area contributed by atoms with Crippen molar-refractivity contribution >= 4 is 24.0 Å². The number of pyridine rings is 1. The Labute approximate surface area is 70.8 Å². The van der Waals surface area contributed by atoms with Gasteiger partial charge in [-0.15, -0.1) is 12.4 Å². The van der Waals surface area contributed by atoms with Gasteiger partial charge in [-0.05, 0) is 17.7 Å². The Kier molecular flexibility index (Phi) is 4.36.